The van der Waals surface area contributed by atoms with Crippen LogP contribution in [0.2, 0.25) is 0 Å². The zero-order chi connectivity index (χ0) is 23.4. The number of pyridine rings is 1. The van der Waals surface area contributed by atoms with Gasteiger partial charge in [0, 0.05) is 45.4 Å². The van der Waals surface area contributed by atoms with Crippen LogP contribution in [0.3, 0.4) is 0 Å². The second kappa shape index (κ2) is 9.73. The molecule has 1 N–H and O–H groups in total. The average Bonchev–Trinajstić information content (AvgIpc) is 2.87. The molecule has 1 aliphatic heterocycles. The number of hydrogen-bond donors (Lipinski definition) is 1. The maximum atomic E-state index is 13.4. The van der Waals surface area contributed by atoms with Crippen LogP contribution in [0.15, 0.2) is 66.9 Å². The predicted molar refractivity (Wildman–Crippen MR) is 128 cm³/mol. The minimum Gasteiger partial charge on any atom is -0.497 e. The van der Waals surface area contributed by atoms with Gasteiger partial charge < -0.3 is 19.9 Å². The first kappa shape index (κ1) is 22.3. The minimum absolute atomic E-state index is 0.0488. The first-order valence-electron chi connectivity index (χ1n) is 10.9. The largest absolute Gasteiger partial charge is 0.497 e. The van der Waals surface area contributed by atoms with E-state index in [-0.39, 0.29) is 11.8 Å². The number of carbonyl (C=O) groups excluding carboxylic acids is 2. The third-order valence-corrected chi connectivity index (χ3v) is 6.02. The third-order valence-electron chi connectivity index (χ3n) is 6.02. The Morgan fingerprint density at radius 3 is 2.61 bits per heavy atom. The predicted octanol–water partition coefficient (Wildman–Crippen LogP) is 3.32. The second-order valence-electron chi connectivity index (χ2n) is 8.09. The number of likely N-dealkylation sites (N-methyl/N-ethyl adjacent to an activating group) is 1. The van der Waals surface area contributed by atoms with Crippen LogP contribution < -0.4 is 10.1 Å². The smallest absolute Gasteiger partial charge is 0.254 e. The lowest BCUT2D eigenvalue weighted by molar-refractivity contribution is -0.138. The Kier molecular flexibility index (Phi) is 6.58. The van der Waals surface area contributed by atoms with Crippen LogP contribution in [0, 0.1) is 0 Å². The highest BCUT2D eigenvalue weighted by Crippen LogP contribution is 2.25. The number of amides is 2. The zero-order valence-corrected chi connectivity index (χ0v) is 19.1. The molecule has 0 saturated carbocycles. The van der Waals surface area contributed by atoms with Gasteiger partial charge in [-0.25, -0.2) is 4.98 Å². The molecule has 7 nitrogen and oxygen atoms in total. The number of nitrogens with one attached hydrogen (secondary N) is 1. The molecule has 4 rings (SSSR count). The van der Waals surface area contributed by atoms with Gasteiger partial charge in [0.05, 0.1) is 7.11 Å². The van der Waals surface area contributed by atoms with E-state index < -0.39 is 6.04 Å². The Morgan fingerprint density at radius 2 is 1.88 bits per heavy atom. The molecule has 3 aromatic rings. The fourth-order valence-corrected chi connectivity index (χ4v) is 4.10. The van der Waals surface area contributed by atoms with Crippen molar-refractivity contribution in [1.82, 2.24) is 14.8 Å². The van der Waals surface area contributed by atoms with Gasteiger partial charge in [0.1, 0.15) is 17.6 Å². The van der Waals surface area contributed by atoms with Crippen molar-refractivity contribution < 1.29 is 14.3 Å². The van der Waals surface area contributed by atoms with Gasteiger partial charge in [-0.3, -0.25) is 9.59 Å². The lowest BCUT2D eigenvalue weighted by Gasteiger charge is -2.39. The lowest BCUT2D eigenvalue weighted by Crippen LogP contribution is -2.58. The quantitative estimate of drug-likeness (QED) is 0.631. The number of rotatable bonds is 6. The van der Waals surface area contributed by atoms with Gasteiger partial charge >= 0.3 is 0 Å². The lowest BCUT2D eigenvalue weighted by atomic mass is 9.97. The molecule has 1 aromatic heterocycles. The summed E-state index contributed by atoms with van der Waals surface area (Å²) in [5.41, 5.74) is 3.63. The number of aromatic nitrogens is 1. The summed E-state index contributed by atoms with van der Waals surface area (Å²) in [7, 11) is 5.19. The van der Waals surface area contributed by atoms with Crippen molar-refractivity contribution in [3.8, 4) is 16.9 Å². The van der Waals surface area contributed by atoms with Crippen LogP contribution in [0.4, 0.5) is 5.82 Å². The SMILES string of the molecule is CNc1cc(C(=O)N2CCN(C)C(=O)[C@H]2Cc2cccc(-c3ccc(OC)cc3)c2)ccn1. The highest BCUT2D eigenvalue weighted by molar-refractivity contribution is 5.98. The Balaban J connectivity index is 1.60. The number of anilines is 1. The number of piperazine rings is 1. The number of hydrogen-bond acceptors (Lipinski definition) is 5. The fraction of sp³-hybridized carbons (Fsp3) is 0.269. The van der Waals surface area contributed by atoms with E-state index in [0.29, 0.717) is 30.9 Å². The number of ether oxygens (including phenoxy) is 1. The molecule has 1 atom stereocenters. The highest BCUT2D eigenvalue weighted by Gasteiger charge is 2.36. The van der Waals surface area contributed by atoms with Crippen molar-refractivity contribution in [3.05, 3.63) is 78.0 Å². The van der Waals surface area contributed by atoms with Crippen LogP contribution in [0.5, 0.6) is 5.75 Å². The number of methoxy groups -OCH3 is 1. The van der Waals surface area contributed by atoms with Crippen molar-refractivity contribution in [3.63, 3.8) is 0 Å². The summed E-state index contributed by atoms with van der Waals surface area (Å²) < 4.78 is 5.25. The van der Waals surface area contributed by atoms with Gasteiger partial charge in [0.25, 0.3) is 5.91 Å². The second-order valence-corrected chi connectivity index (χ2v) is 8.09. The van der Waals surface area contributed by atoms with Crippen molar-refractivity contribution in [2.75, 3.05) is 39.6 Å². The average molecular weight is 445 g/mol. The fourth-order valence-electron chi connectivity index (χ4n) is 4.10. The van der Waals surface area contributed by atoms with Crippen LogP contribution in [0.1, 0.15) is 15.9 Å². The molecule has 0 radical (unpaired) electrons. The van der Waals surface area contributed by atoms with E-state index in [1.54, 1.807) is 49.3 Å². The van der Waals surface area contributed by atoms with E-state index in [2.05, 4.69) is 16.4 Å². The summed E-state index contributed by atoms with van der Waals surface area (Å²) in [5, 5.41) is 2.96. The van der Waals surface area contributed by atoms with Gasteiger partial charge in [0.15, 0.2) is 0 Å². The maximum absolute atomic E-state index is 13.4. The van der Waals surface area contributed by atoms with Crippen molar-refractivity contribution in [1.29, 1.82) is 0 Å². The molecule has 1 aliphatic rings. The monoisotopic (exact) mass is 444 g/mol. The summed E-state index contributed by atoms with van der Waals surface area (Å²) in [5.74, 6) is 1.21. The van der Waals surface area contributed by atoms with Gasteiger partial charge in [-0.2, -0.15) is 0 Å². The maximum Gasteiger partial charge on any atom is 0.254 e. The first-order chi connectivity index (χ1) is 16.0. The molecule has 2 amide bonds. The molecule has 0 unspecified atom stereocenters. The van der Waals surface area contributed by atoms with Crippen molar-refractivity contribution in [2.45, 2.75) is 12.5 Å². The minimum atomic E-state index is -0.562. The molecule has 0 bridgehead atoms. The summed E-state index contributed by atoms with van der Waals surface area (Å²) in [4.78, 5) is 34.1. The van der Waals surface area contributed by atoms with E-state index >= 15 is 0 Å². The topological polar surface area (TPSA) is 74.8 Å². The standard InChI is InChI=1S/C26H28N4O3/c1-27-24-17-21(11-12-28-24)25(31)30-14-13-29(2)26(32)23(30)16-18-5-4-6-20(15-18)19-7-9-22(33-3)10-8-19/h4-12,15,17,23H,13-14,16H2,1-3H3,(H,27,28)/t23-/m1/s1. The van der Waals surface area contributed by atoms with Crippen LogP contribution in [-0.4, -0.2) is 66.9 Å². The molecular weight excluding hydrogens is 416 g/mol. The molecular formula is C26H28N4O3. The molecule has 2 heterocycles. The Hall–Kier alpha value is -3.87. The van der Waals surface area contributed by atoms with Gasteiger partial charge in [-0.1, -0.05) is 36.4 Å². The molecule has 33 heavy (non-hydrogen) atoms. The van der Waals surface area contributed by atoms with Gasteiger partial charge in [0.2, 0.25) is 5.91 Å². The summed E-state index contributed by atoms with van der Waals surface area (Å²) >= 11 is 0. The number of nitrogens with zero attached hydrogens (tertiary/aromatic N) is 3. The number of carbonyl (C=O) groups is 2. The van der Waals surface area contributed by atoms with E-state index in [0.717, 1.165) is 22.4 Å². The Labute approximate surface area is 194 Å². The molecule has 2 aromatic carbocycles. The van der Waals surface area contributed by atoms with Crippen LogP contribution in [0.25, 0.3) is 11.1 Å². The molecule has 7 heteroatoms. The number of benzene rings is 2. The van der Waals surface area contributed by atoms with Crippen LogP contribution >= 0.6 is 0 Å². The summed E-state index contributed by atoms with van der Waals surface area (Å²) in [6.45, 7) is 0.998. The van der Waals surface area contributed by atoms with Gasteiger partial charge in [-0.15, -0.1) is 0 Å². The van der Waals surface area contributed by atoms with Crippen molar-refractivity contribution in [2.24, 2.45) is 0 Å². The van der Waals surface area contributed by atoms with Gasteiger partial charge in [-0.05, 0) is 41.0 Å². The first-order valence-corrected chi connectivity index (χ1v) is 10.9. The molecule has 1 saturated heterocycles. The van der Waals surface area contributed by atoms with Crippen molar-refractivity contribution >= 4 is 17.6 Å². The summed E-state index contributed by atoms with van der Waals surface area (Å²) in [6.07, 6.45) is 2.05. The zero-order valence-electron chi connectivity index (χ0n) is 19.1. The Bertz CT molecular complexity index is 1150. The normalized spacial score (nSPS) is 16.0. The van der Waals surface area contributed by atoms with E-state index in [1.165, 1.54) is 0 Å². The Morgan fingerprint density at radius 1 is 1.09 bits per heavy atom. The molecule has 1 fully saturated rings. The molecule has 0 aliphatic carbocycles. The summed E-state index contributed by atoms with van der Waals surface area (Å²) in [6, 6.07) is 18.8. The van der Waals surface area contributed by atoms with E-state index in [9.17, 15) is 9.59 Å². The molecule has 0 spiro atoms. The van der Waals surface area contributed by atoms with E-state index in [4.69, 9.17) is 4.74 Å². The third kappa shape index (κ3) is 4.82. The van der Waals surface area contributed by atoms with E-state index in [1.807, 2.05) is 42.5 Å². The highest BCUT2D eigenvalue weighted by atomic mass is 16.5. The molecule has 170 valence electrons. The van der Waals surface area contributed by atoms with Crippen LogP contribution in [-0.2, 0) is 11.2 Å².